The number of anilines is 1. The molecule has 1 aliphatic heterocycles. The number of fused-ring (bicyclic) bond motifs is 1. The number of esters is 1. The molecule has 6 heteroatoms. The quantitative estimate of drug-likeness (QED) is 0.616. The van der Waals surface area contributed by atoms with Gasteiger partial charge in [-0.1, -0.05) is 24.3 Å². The first kappa shape index (κ1) is 18.6. The third-order valence-electron chi connectivity index (χ3n) is 5.47. The van der Waals surface area contributed by atoms with Crippen molar-refractivity contribution >= 4 is 17.9 Å². The van der Waals surface area contributed by atoms with Crippen molar-refractivity contribution in [2.24, 2.45) is 0 Å². The van der Waals surface area contributed by atoms with Gasteiger partial charge >= 0.3 is 5.97 Å². The summed E-state index contributed by atoms with van der Waals surface area (Å²) < 4.78 is 4.86. The molecule has 1 fully saturated rings. The molecular formula is C22H26N4O2. The summed E-state index contributed by atoms with van der Waals surface area (Å²) in [6.45, 7) is 4.29. The minimum Gasteiger partial charge on any atom is -0.463 e. The summed E-state index contributed by atoms with van der Waals surface area (Å²) in [6, 6.07) is 9.80. The Morgan fingerprint density at radius 3 is 2.71 bits per heavy atom. The van der Waals surface area contributed by atoms with Crippen LogP contribution in [0.15, 0.2) is 42.7 Å². The Balaban J connectivity index is 1.28. The first-order valence-corrected chi connectivity index (χ1v) is 9.95. The molecule has 2 aliphatic rings. The third-order valence-corrected chi connectivity index (χ3v) is 5.47. The fourth-order valence-electron chi connectivity index (χ4n) is 4.08. The first-order valence-electron chi connectivity index (χ1n) is 9.95. The van der Waals surface area contributed by atoms with Gasteiger partial charge in [0.1, 0.15) is 5.82 Å². The second kappa shape index (κ2) is 8.52. The second-order valence-corrected chi connectivity index (χ2v) is 7.37. The lowest BCUT2D eigenvalue weighted by Gasteiger charge is -2.23. The molecule has 0 spiro atoms. The van der Waals surface area contributed by atoms with Crippen LogP contribution in [-0.4, -0.2) is 52.6 Å². The highest BCUT2D eigenvalue weighted by Gasteiger charge is 2.32. The molecule has 0 bridgehead atoms. The monoisotopic (exact) mass is 378 g/mol. The average molecular weight is 378 g/mol. The summed E-state index contributed by atoms with van der Waals surface area (Å²) in [4.78, 5) is 22.7. The highest BCUT2D eigenvalue weighted by atomic mass is 16.5. The van der Waals surface area contributed by atoms with Crippen LogP contribution in [0.5, 0.6) is 0 Å². The van der Waals surface area contributed by atoms with Gasteiger partial charge in [-0.3, -0.25) is 9.88 Å². The zero-order valence-electron chi connectivity index (χ0n) is 16.2. The van der Waals surface area contributed by atoms with Gasteiger partial charge in [0.15, 0.2) is 0 Å². The van der Waals surface area contributed by atoms with Crippen molar-refractivity contribution in [3.63, 3.8) is 0 Å². The van der Waals surface area contributed by atoms with Gasteiger partial charge in [-0.25, -0.2) is 9.78 Å². The number of nitrogens with one attached hydrogen (secondary N) is 1. The maximum Gasteiger partial charge on any atom is 0.330 e. The SMILES string of the molecule is CCOC(=O)/C=C/c1cnc(N[C@@H]2CCN(C3Cc4ccccc4C3)C2)cn1. The molecule has 0 saturated carbocycles. The average Bonchev–Trinajstić information content (AvgIpc) is 3.34. The van der Waals surface area contributed by atoms with E-state index >= 15 is 0 Å². The summed E-state index contributed by atoms with van der Waals surface area (Å²) in [6.07, 6.45) is 9.80. The van der Waals surface area contributed by atoms with Crippen molar-refractivity contribution < 1.29 is 9.53 Å². The van der Waals surface area contributed by atoms with Crippen LogP contribution >= 0.6 is 0 Å². The van der Waals surface area contributed by atoms with E-state index in [0.717, 1.165) is 38.2 Å². The molecule has 0 radical (unpaired) electrons. The van der Waals surface area contributed by atoms with Crippen molar-refractivity contribution in [3.8, 4) is 0 Å². The van der Waals surface area contributed by atoms with E-state index in [9.17, 15) is 4.79 Å². The summed E-state index contributed by atoms with van der Waals surface area (Å²) in [5.41, 5.74) is 3.64. The van der Waals surface area contributed by atoms with E-state index in [4.69, 9.17) is 4.74 Å². The lowest BCUT2D eigenvalue weighted by molar-refractivity contribution is -0.137. The minimum atomic E-state index is -0.369. The molecule has 1 N–H and O–H groups in total. The number of carbonyl (C=O) groups is 1. The van der Waals surface area contributed by atoms with Crippen LogP contribution < -0.4 is 5.32 Å². The number of ether oxygens (including phenoxy) is 1. The topological polar surface area (TPSA) is 67.3 Å². The van der Waals surface area contributed by atoms with Gasteiger partial charge in [0.2, 0.25) is 0 Å². The largest absolute Gasteiger partial charge is 0.463 e. The molecule has 146 valence electrons. The molecule has 1 atom stereocenters. The normalized spacial score (nSPS) is 19.8. The predicted molar refractivity (Wildman–Crippen MR) is 109 cm³/mol. The molecule has 1 aliphatic carbocycles. The molecule has 28 heavy (non-hydrogen) atoms. The van der Waals surface area contributed by atoms with Gasteiger partial charge in [0.05, 0.1) is 24.7 Å². The summed E-state index contributed by atoms with van der Waals surface area (Å²) in [5.74, 6) is 0.404. The Morgan fingerprint density at radius 2 is 2.04 bits per heavy atom. The molecule has 0 amide bonds. The third kappa shape index (κ3) is 4.39. The fourth-order valence-corrected chi connectivity index (χ4v) is 4.08. The zero-order valence-corrected chi connectivity index (χ0v) is 16.2. The van der Waals surface area contributed by atoms with Crippen LogP contribution in [0.25, 0.3) is 6.08 Å². The number of aromatic nitrogens is 2. The van der Waals surface area contributed by atoms with E-state index in [1.807, 2.05) is 0 Å². The van der Waals surface area contributed by atoms with E-state index in [-0.39, 0.29) is 5.97 Å². The standard InChI is InChI=1S/C22H26N4O2/c1-2-28-22(27)8-7-18-13-24-21(14-23-18)25-19-9-10-26(15-19)20-11-16-5-3-4-6-17(16)12-20/h3-8,13-14,19-20H,2,9-12,15H2,1H3,(H,24,25)/b8-7+/t19-/m1/s1. The van der Waals surface area contributed by atoms with Crippen LogP contribution in [0.4, 0.5) is 5.82 Å². The van der Waals surface area contributed by atoms with Crippen LogP contribution in [0.3, 0.4) is 0 Å². The number of carbonyl (C=O) groups excluding carboxylic acids is 1. The molecule has 1 aromatic heterocycles. The minimum absolute atomic E-state index is 0.364. The van der Waals surface area contributed by atoms with E-state index in [2.05, 4.69) is 44.5 Å². The van der Waals surface area contributed by atoms with Gasteiger partial charge in [-0.05, 0) is 43.4 Å². The van der Waals surface area contributed by atoms with Crippen molar-refractivity contribution in [1.82, 2.24) is 14.9 Å². The predicted octanol–water partition coefficient (Wildman–Crippen LogP) is 2.71. The summed E-state index contributed by atoms with van der Waals surface area (Å²) in [5, 5.41) is 3.50. The van der Waals surface area contributed by atoms with Crippen molar-refractivity contribution in [2.45, 2.75) is 38.3 Å². The van der Waals surface area contributed by atoms with Crippen LogP contribution in [0.1, 0.15) is 30.2 Å². The molecule has 1 saturated heterocycles. The van der Waals surface area contributed by atoms with Gasteiger partial charge in [0, 0.05) is 31.2 Å². The molecule has 0 unspecified atom stereocenters. The Bertz CT molecular complexity index is 825. The van der Waals surface area contributed by atoms with E-state index in [1.165, 1.54) is 17.2 Å². The lowest BCUT2D eigenvalue weighted by atomic mass is 10.1. The molecular weight excluding hydrogens is 352 g/mol. The molecule has 6 nitrogen and oxygen atoms in total. The number of hydrogen-bond donors (Lipinski definition) is 1. The number of hydrogen-bond acceptors (Lipinski definition) is 6. The van der Waals surface area contributed by atoms with E-state index in [1.54, 1.807) is 25.4 Å². The Kier molecular flexibility index (Phi) is 5.67. The Labute approximate surface area is 165 Å². The Hall–Kier alpha value is -2.73. The fraction of sp³-hybridized carbons (Fsp3) is 0.409. The van der Waals surface area contributed by atoms with Crippen molar-refractivity contribution in [2.75, 3.05) is 25.0 Å². The molecule has 2 aromatic rings. The highest BCUT2D eigenvalue weighted by molar-refractivity contribution is 5.86. The van der Waals surface area contributed by atoms with Gasteiger partial charge in [-0.15, -0.1) is 0 Å². The maximum atomic E-state index is 11.4. The number of rotatable bonds is 6. The molecule has 4 rings (SSSR count). The van der Waals surface area contributed by atoms with Crippen LogP contribution in [0.2, 0.25) is 0 Å². The second-order valence-electron chi connectivity index (χ2n) is 7.37. The van der Waals surface area contributed by atoms with Gasteiger partial charge < -0.3 is 10.1 Å². The number of benzene rings is 1. The van der Waals surface area contributed by atoms with Crippen molar-refractivity contribution in [1.29, 1.82) is 0 Å². The number of likely N-dealkylation sites (tertiary alicyclic amines) is 1. The lowest BCUT2D eigenvalue weighted by Crippen LogP contribution is -2.35. The highest BCUT2D eigenvalue weighted by Crippen LogP contribution is 2.28. The smallest absolute Gasteiger partial charge is 0.330 e. The summed E-state index contributed by atoms with van der Waals surface area (Å²) >= 11 is 0. The van der Waals surface area contributed by atoms with Crippen molar-refractivity contribution in [3.05, 3.63) is 59.6 Å². The van der Waals surface area contributed by atoms with E-state index in [0.29, 0.717) is 24.4 Å². The van der Waals surface area contributed by atoms with Crippen LogP contribution in [-0.2, 0) is 22.4 Å². The maximum absolute atomic E-state index is 11.4. The number of nitrogens with zero attached hydrogens (tertiary/aromatic N) is 3. The Morgan fingerprint density at radius 1 is 1.25 bits per heavy atom. The van der Waals surface area contributed by atoms with Gasteiger partial charge in [-0.2, -0.15) is 0 Å². The van der Waals surface area contributed by atoms with Gasteiger partial charge in [0.25, 0.3) is 0 Å². The summed E-state index contributed by atoms with van der Waals surface area (Å²) in [7, 11) is 0. The molecule has 2 heterocycles. The first-order chi connectivity index (χ1) is 13.7. The molecule has 1 aromatic carbocycles. The zero-order chi connectivity index (χ0) is 19.3. The van der Waals surface area contributed by atoms with E-state index < -0.39 is 0 Å². The van der Waals surface area contributed by atoms with Crippen LogP contribution in [0, 0.1) is 0 Å².